The lowest BCUT2D eigenvalue weighted by molar-refractivity contribution is 0.420. The van der Waals surface area contributed by atoms with Gasteiger partial charge in [0, 0.05) is 5.25 Å². The lowest BCUT2D eigenvalue weighted by Crippen LogP contribution is -2.27. The number of aryl methyl sites for hydroxylation is 1. The zero-order valence-corrected chi connectivity index (χ0v) is 10.3. The Balaban J connectivity index is 2.23. The van der Waals surface area contributed by atoms with Gasteiger partial charge >= 0.3 is 0 Å². The van der Waals surface area contributed by atoms with Crippen LogP contribution >= 0.6 is 0 Å². The highest BCUT2D eigenvalue weighted by Gasteiger charge is 2.26. The molecule has 0 amide bonds. The van der Waals surface area contributed by atoms with Gasteiger partial charge in [-0.2, -0.15) is 0 Å². The van der Waals surface area contributed by atoms with Gasteiger partial charge in [0.05, 0.1) is 0 Å². The molecule has 0 heterocycles. The Bertz CT molecular complexity index is 372. The predicted molar refractivity (Wildman–Crippen MR) is 65.1 cm³/mol. The molecule has 2 nitrogen and oxygen atoms in total. The van der Waals surface area contributed by atoms with Crippen molar-refractivity contribution in [3.8, 4) is 0 Å². The van der Waals surface area contributed by atoms with E-state index in [9.17, 15) is 8.76 Å². The molecule has 0 N–H and O–H groups in total. The molecule has 0 spiro atoms. The van der Waals surface area contributed by atoms with Crippen molar-refractivity contribution in [1.29, 1.82) is 0 Å². The molecule has 0 aliphatic heterocycles. The molecule has 1 aliphatic rings. The van der Waals surface area contributed by atoms with Crippen molar-refractivity contribution in [2.24, 2.45) is 0 Å². The molecule has 1 fully saturated rings. The van der Waals surface area contributed by atoms with Gasteiger partial charge in [-0.1, -0.05) is 53.8 Å². The fourth-order valence-electron chi connectivity index (χ4n) is 2.52. The van der Waals surface area contributed by atoms with E-state index >= 15 is 0 Å². The third-order valence-electron chi connectivity index (χ3n) is 3.46. The van der Waals surface area contributed by atoms with Gasteiger partial charge in [-0.05, 0) is 31.2 Å². The van der Waals surface area contributed by atoms with Gasteiger partial charge < -0.3 is 4.55 Å². The van der Waals surface area contributed by atoms with Crippen LogP contribution < -0.4 is 0 Å². The molecule has 1 aromatic rings. The van der Waals surface area contributed by atoms with Crippen molar-refractivity contribution in [1.82, 2.24) is 0 Å². The third kappa shape index (κ3) is 2.53. The Morgan fingerprint density at radius 2 is 1.81 bits per heavy atom. The summed E-state index contributed by atoms with van der Waals surface area (Å²) in [6.45, 7) is 2.05. The van der Waals surface area contributed by atoms with E-state index < -0.39 is 11.1 Å². The summed E-state index contributed by atoms with van der Waals surface area (Å²) in [6, 6.07) is 8.28. The van der Waals surface area contributed by atoms with Gasteiger partial charge in [0.25, 0.3) is 0 Å². The van der Waals surface area contributed by atoms with Crippen molar-refractivity contribution in [2.75, 3.05) is 0 Å². The molecule has 2 rings (SSSR count). The lowest BCUT2D eigenvalue weighted by Gasteiger charge is -2.33. The molecule has 0 saturated heterocycles. The summed E-state index contributed by atoms with van der Waals surface area (Å²) in [5.41, 5.74) is 2.40. The summed E-state index contributed by atoms with van der Waals surface area (Å²) in [5.74, 6) is 0.202. The van der Waals surface area contributed by atoms with E-state index in [0.717, 1.165) is 25.7 Å². The Morgan fingerprint density at radius 1 is 1.19 bits per heavy atom. The fourth-order valence-corrected chi connectivity index (χ4v) is 3.44. The normalized spacial score (nSPS) is 27.6. The maximum atomic E-state index is 11.2. The third-order valence-corrected chi connectivity index (χ3v) is 4.51. The van der Waals surface area contributed by atoms with Crippen molar-refractivity contribution < 1.29 is 8.76 Å². The molecular formula is C13H17O2S-. The van der Waals surface area contributed by atoms with Gasteiger partial charge in [-0.25, -0.2) is 0 Å². The van der Waals surface area contributed by atoms with Crippen LogP contribution in [0.2, 0.25) is 0 Å². The smallest absolute Gasteiger partial charge is 0.0284 e. The first-order valence-corrected chi connectivity index (χ1v) is 6.97. The quantitative estimate of drug-likeness (QED) is 0.742. The lowest BCUT2D eigenvalue weighted by atomic mass is 9.83. The molecule has 0 radical (unpaired) electrons. The van der Waals surface area contributed by atoms with Gasteiger partial charge in [0.15, 0.2) is 0 Å². The van der Waals surface area contributed by atoms with E-state index in [2.05, 4.69) is 24.3 Å². The molecule has 3 unspecified atom stereocenters. The summed E-state index contributed by atoms with van der Waals surface area (Å²) >= 11 is -1.94. The molecule has 0 bridgehead atoms. The zero-order chi connectivity index (χ0) is 11.5. The fraction of sp³-hybridized carbons (Fsp3) is 0.538. The second kappa shape index (κ2) is 5.11. The average molecular weight is 237 g/mol. The molecule has 1 aromatic carbocycles. The highest BCUT2D eigenvalue weighted by Crippen LogP contribution is 2.35. The monoisotopic (exact) mass is 237 g/mol. The van der Waals surface area contributed by atoms with Crippen LogP contribution in [0.15, 0.2) is 24.3 Å². The molecule has 16 heavy (non-hydrogen) atoms. The Labute approximate surface area is 99.4 Å². The molecule has 1 saturated carbocycles. The van der Waals surface area contributed by atoms with Crippen LogP contribution in [0.1, 0.15) is 42.7 Å². The predicted octanol–water partition coefficient (Wildman–Crippen LogP) is 2.90. The van der Waals surface area contributed by atoms with E-state index in [1.807, 2.05) is 6.92 Å². The van der Waals surface area contributed by atoms with Crippen LogP contribution in [-0.4, -0.2) is 14.0 Å². The minimum atomic E-state index is -1.94. The summed E-state index contributed by atoms with van der Waals surface area (Å²) < 4.78 is 22.4. The number of hydrogen-bond donors (Lipinski definition) is 0. The van der Waals surface area contributed by atoms with E-state index in [0.29, 0.717) is 0 Å². The molecule has 3 atom stereocenters. The average Bonchev–Trinajstić information content (AvgIpc) is 2.30. The Hall–Kier alpha value is -0.670. The van der Waals surface area contributed by atoms with Crippen molar-refractivity contribution in [3.63, 3.8) is 0 Å². The number of rotatable bonds is 2. The van der Waals surface area contributed by atoms with Gasteiger partial charge in [0.1, 0.15) is 0 Å². The summed E-state index contributed by atoms with van der Waals surface area (Å²) in [4.78, 5) is 0. The summed E-state index contributed by atoms with van der Waals surface area (Å²) in [6.07, 6.45) is 4.00. The van der Waals surface area contributed by atoms with Crippen LogP contribution in [0, 0.1) is 6.92 Å². The largest absolute Gasteiger partial charge is 0.772 e. The van der Waals surface area contributed by atoms with Gasteiger partial charge in [0.2, 0.25) is 0 Å². The van der Waals surface area contributed by atoms with Crippen LogP contribution in [-0.2, 0) is 11.1 Å². The van der Waals surface area contributed by atoms with E-state index in [4.69, 9.17) is 0 Å². The number of benzene rings is 1. The first kappa shape index (κ1) is 11.8. The second-order valence-electron chi connectivity index (χ2n) is 4.60. The van der Waals surface area contributed by atoms with Gasteiger partial charge in [-0.15, -0.1) is 0 Å². The van der Waals surface area contributed by atoms with E-state index in [1.165, 1.54) is 11.1 Å². The second-order valence-corrected chi connectivity index (χ2v) is 5.73. The molecule has 3 heteroatoms. The van der Waals surface area contributed by atoms with Crippen LogP contribution in [0.25, 0.3) is 0 Å². The highest BCUT2D eigenvalue weighted by atomic mass is 32.2. The topological polar surface area (TPSA) is 40.1 Å². The SMILES string of the molecule is Cc1ccc(C2CCCCC2S(=O)[O-])cc1. The van der Waals surface area contributed by atoms with Crippen LogP contribution in [0.4, 0.5) is 0 Å². The van der Waals surface area contributed by atoms with Crippen molar-refractivity contribution in [3.05, 3.63) is 35.4 Å². The standard InChI is InChI=1S/C13H18O2S/c1-10-6-8-11(9-7-10)12-4-2-3-5-13(12)16(14)15/h6-9,12-13H,2-5H2,1H3,(H,14,15)/p-1. The molecule has 0 aromatic heterocycles. The molecule has 88 valence electrons. The Kier molecular flexibility index (Phi) is 3.77. The van der Waals surface area contributed by atoms with Crippen molar-refractivity contribution in [2.45, 2.75) is 43.8 Å². The minimum Gasteiger partial charge on any atom is -0.772 e. The molecule has 1 aliphatic carbocycles. The first-order valence-electron chi connectivity index (χ1n) is 5.83. The van der Waals surface area contributed by atoms with Crippen LogP contribution in [0.3, 0.4) is 0 Å². The van der Waals surface area contributed by atoms with E-state index in [1.54, 1.807) is 0 Å². The summed E-state index contributed by atoms with van der Waals surface area (Å²) in [7, 11) is 0. The summed E-state index contributed by atoms with van der Waals surface area (Å²) in [5, 5.41) is -0.184. The minimum absolute atomic E-state index is 0.184. The first-order chi connectivity index (χ1) is 7.68. The molecular weight excluding hydrogens is 220 g/mol. The van der Waals surface area contributed by atoms with E-state index in [-0.39, 0.29) is 11.2 Å². The Morgan fingerprint density at radius 3 is 2.44 bits per heavy atom. The maximum Gasteiger partial charge on any atom is 0.0284 e. The number of hydrogen-bond acceptors (Lipinski definition) is 2. The van der Waals surface area contributed by atoms with Crippen molar-refractivity contribution >= 4 is 11.1 Å². The maximum absolute atomic E-state index is 11.2. The highest BCUT2D eigenvalue weighted by molar-refractivity contribution is 7.79. The zero-order valence-electron chi connectivity index (χ0n) is 9.52. The van der Waals surface area contributed by atoms with Gasteiger partial charge in [-0.3, -0.25) is 4.21 Å². The van der Waals surface area contributed by atoms with Crippen LogP contribution in [0.5, 0.6) is 0 Å².